The number of ether oxygens (including phenoxy) is 2. The van der Waals surface area contributed by atoms with Crippen molar-refractivity contribution in [2.24, 2.45) is 5.92 Å². The van der Waals surface area contributed by atoms with Gasteiger partial charge in [-0.15, -0.1) is 0 Å². The number of sulfonamides is 1. The number of esters is 1. The molecule has 0 spiro atoms. The zero-order chi connectivity index (χ0) is 16.9. The van der Waals surface area contributed by atoms with Crippen molar-refractivity contribution in [2.45, 2.75) is 26.2 Å². The molecule has 0 amide bonds. The molecule has 2 rings (SSSR count). The van der Waals surface area contributed by atoms with E-state index >= 15 is 0 Å². The van der Waals surface area contributed by atoms with Gasteiger partial charge in [-0.1, -0.05) is 13.0 Å². The first-order valence-electron chi connectivity index (χ1n) is 7.80. The summed E-state index contributed by atoms with van der Waals surface area (Å²) in [5, 5.41) is 0. The maximum Gasteiger partial charge on any atom is 0.315 e. The molecular formula is C16H23NO5S. The summed E-state index contributed by atoms with van der Waals surface area (Å²) in [7, 11) is -3.28. The van der Waals surface area contributed by atoms with Crippen LogP contribution in [0.4, 0.5) is 0 Å². The van der Waals surface area contributed by atoms with Crippen LogP contribution in [0.1, 0.15) is 26.2 Å². The highest BCUT2D eigenvalue weighted by atomic mass is 32.2. The third kappa shape index (κ3) is 5.21. The molecule has 7 heteroatoms. The van der Waals surface area contributed by atoms with E-state index in [9.17, 15) is 13.2 Å². The van der Waals surface area contributed by atoms with Gasteiger partial charge in [0.25, 0.3) is 0 Å². The van der Waals surface area contributed by atoms with Crippen LogP contribution in [0, 0.1) is 5.92 Å². The zero-order valence-electron chi connectivity index (χ0n) is 13.5. The zero-order valence-corrected chi connectivity index (χ0v) is 14.3. The number of carbonyl (C=O) groups excluding carboxylic acids is 1. The number of hydrogen-bond donors (Lipinski definition) is 0. The Morgan fingerprint density at radius 3 is 2.78 bits per heavy atom. The van der Waals surface area contributed by atoms with Crippen molar-refractivity contribution in [3.05, 3.63) is 24.3 Å². The molecule has 0 saturated carbocycles. The Morgan fingerprint density at radius 1 is 1.35 bits per heavy atom. The molecule has 1 unspecified atom stereocenters. The van der Waals surface area contributed by atoms with Crippen molar-refractivity contribution in [3.8, 4) is 11.5 Å². The lowest BCUT2D eigenvalue weighted by Crippen LogP contribution is -2.42. The number of rotatable bonds is 6. The van der Waals surface area contributed by atoms with Crippen molar-refractivity contribution in [1.82, 2.24) is 4.31 Å². The predicted molar refractivity (Wildman–Crippen MR) is 87.0 cm³/mol. The van der Waals surface area contributed by atoms with E-state index in [1.165, 1.54) is 4.31 Å². The van der Waals surface area contributed by atoms with E-state index in [0.29, 0.717) is 37.5 Å². The minimum Gasteiger partial charge on any atom is -0.493 e. The standard InChI is InChI=1S/C16H23NO5S/c1-3-10-21-14-7-4-8-15(11-14)22-16(18)13-6-5-9-17(12-13)23(2,19)20/h4,7-8,11,13H,3,5-6,9-10,12H2,1-2H3. The normalized spacial score (nSPS) is 19.3. The van der Waals surface area contributed by atoms with Crippen LogP contribution in [0.15, 0.2) is 24.3 Å². The predicted octanol–water partition coefficient (Wildman–Crippen LogP) is 2.05. The smallest absolute Gasteiger partial charge is 0.315 e. The van der Waals surface area contributed by atoms with Crippen LogP contribution in [-0.2, 0) is 14.8 Å². The SMILES string of the molecule is CCCOc1cccc(OC(=O)C2CCCN(S(C)(=O)=O)C2)c1. The third-order valence-corrected chi connectivity index (χ3v) is 4.95. The molecule has 1 aliphatic rings. The fraction of sp³-hybridized carbons (Fsp3) is 0.562. The van der Waals surface area contributed by atoms with Crippen LogP contribution >= 0.6 is 0 Å². The van der Waals surface area contributed by atoms with Gasteiger partial charge in [-0.05, 0) is 31.4 Å². The minimum absolute atomic E-state index is 0.184. The van der Waals surface area contributed by atoms with Crippen LogP contribution < -0.4 is 9.47 Å². The van der Waals surface area contributed by atoms with Crippen molar-refractivity contribution < 1.29 is 22.7 Å². The van der Waals surface area contributed by atoms with E-state index in [4.69, 9.17) is 9.47 Å². The van der Waals surface area contributed by atoms with Crippen LogP contribution in [0.25, 0.3) is 0 Å². The molecule has 0 bridgehead atoms. The molecule has 1 fully saturated rings. The van der Waals surface area contributed by atoms with Crippen molar-refractivity contribution in [3.63, 3.8) is 0 Å². The van der Waals surface area contributed by atoms with Crippen LogP contribution in [0.3, 0.4) is 0 Å². The summed E-state index contributed by atoms with van der Waals surface area (Å²) >= 11 is 0. The highest BCUT2D eigenvalue weighted by Crippen LogP contribution is 2.24. The maximum atomic E-state index is 12.3. The summed E-state index contributed by atoms with van der Waals surface area (Å²) in [5.41, 5.74) is 0. The Hall–Kier alpha value is -1.60. The molecule has 6 nitrogen and oxygen atoms in total. The lowest BCUT2D eigenvalue weighted by Gasteiger charge is -2.29. The largest absolute Gasteiger partial charge is 0.493 e. The summed E-state index contributed by atoms with van der Waals surface area (Å²) in [5.74, 6) is 0.239. The average Bonchev–Trinajstić information content (AvgIpc) is 2.52. The summed E-state index contributed by atoms with van der Waals surface area (Å²) in [6.45, 7) is 3.26. The highest BCUT2D eigenvalue weighted by Gasteiger charge is 2.31. The number of carbonyl (C=O) groups is 1. The van der Waals surface area contributed by atoms with E-state index in [1.54, 1.807) is 24.3 Å². The molecule has 1 heterocycles. The highest BCUT2D eigenvalue weighted by molar-refractivity contribution is 7.88. The van der Waals surface area contributed by atoms with Gasteiger partial charge in [-0.3, -0.25) is 4.79 Å². The topological polar surface area (TPSA) is 72.9 Å². The minimum atomic E-state index is -3.28. The first kappa shape index (κ1) is 17.7. The molecule has 0 aromatic heterocycles. The fourth-order valence-corrected chi connectivity index (χ4v) is 3.39. The van der Waals surface area contributed by atoms with Gasteiger partial charge in [0, 0.05) is 19.2 Å². The second-order valence-corrected chi connectivity index (χ2v) is 7.69. The molecule has 128 valence electrons. The number of hydrogen-bond acceptors (Lipinski definition) is 5. The van der Waals surface area contributed by atoms with Gasteiger partial charge >= 0.3 is 5.97 Å². The molecular weight excluding hydrogens is 318 g/mol. The lowest BCUT2D eigenvalue weighted by molar-refractivity contribution is -0.140. The Kier molecular flexibility index (Phi) is 6.01. The number of piperidine rings is 1. The molecule has 1 atom stereocenters. The molecule has 0 radical (unpaired) electrons. The molecule has 0 N–H and O–H groups in total. The Balaban J connectivity index is 1.98. The number of benzene rings is 1. The Bertz CT molecular complexity index is 644. The second-order valence-electron chi connectivity index (χ2n) is 5.70. The van der Waals surface area contributed by atoms with E-state index in [-0.39, 0.29) is 6.54 Å². The summed E-state index contributed by atoms with van der Waals surface area (Å²) in [4.78, 5) is 12.3. The van der Waals surface area contributed by atoms with E-state index in [2.05, 4.69) is 0 Å². The first-order chi connectivity index (χ1) is 10.9. The molecule has 0 aliphatic carbocycles. The van der Waals surface area contributed by atoms with E-state index in [1.807, 2.05) is 6.92 Å². The summed E-state index contributed by atoms with van der Waals surface area (Å²) < 4.78 is 35.5. The van der Waals surface area contributed by atoms with Crippen molar-refractivity contribution >= 4 is 16.0 Å². The Morgan fingerprint density at radius 2 is 2.09 bits per heavy atom. The summed E-state index contributed by atoms with van der Waals surface area (Å²) in [6, 6.07) is 6.93. The second kappa shape index (κ2) is 7.79. The van der Waals surface area contributed by atoms with Gasteiger partial charge < -0.3 is 9.47 Å². The van der Waals surface area contributed by atoms with Crippen molar-refractivity contribution in [1.29, 1.82) is 0 Å². The monoisotopic (exact) mass is 341 g/mol. The van der Waals surface area contributed by atoms with E-state index < -0.39 is 21.9 Å². The van der Waals surface area contributed by atoms with Gasteiger partial charge in [0.15, 0.2) is 0 Å². The summed E-state index contributed by atoms with van der Waals surface area (Å²) in [6.07, 6.45) is 3.35. The first-order valence-corrected chi connectivity index (χ1v) is 9.64. The quantitative estimate of drug-likeness (QED) is 0.585. The van der Waals surface area contributed by atoms with Gasteiger partial charge in [0.1, 0.15) is 11.5 Å². The maximum absolute atomic E-state index is 12.3. The fourth-order valence-electron chi connectivity index (χ4n) is 2.48. The molecule has 1 aromatic carbocycles. The van der Waals surface area contributed by atoms with Gasteiger partial charge in [0.2, 0.25) is 10.0 Å². The van der Waals surface area contributed by atoms with Crippen LogP contribution in [0.5, 0.6) is 11.5 Å². The number of nitrogens with zero attached hydrogens (tertiary/aromatic N) is 1. The molecule has 1 aliphatic heterocycles. The van der Waals surface area contributed by atoms with Crippen molar-refractivity contribution in [2.75, 3.05) is 26.0 Å². The van der Waals surface area contributed by atoms with Gasteiger partial charge in [-0.2, -0.15) is 0 Å². The Labute approximate surface area is 137 Å². The van der Waals surface area contributed by atoms with E-state index in [0.717, 1.165) is 12.7 Å². The lowest BCUT2D eigenvalue weighted by atomic mass is 10.00. The van der Waals surface area contributed by atoms with Crippen LogP contribution in [-0.4, -0.2) is 44.6 Å². The van der Waals surface area contributed by atoms with Gasteiger partial charge in [0.05, 0.1) is 18.8 Å². The van der Waals surface area contributed by atoms with Gasteiger partial charge in [-0.25, -0.2) is 12.7 Å². The molecule has 23 heavy (non-hydrogen) atoms. The molecule has 1 saturated heterocycles. The molecule has 1 aromatic rings. The van der Waals surface area contributed by atoms with Crippen LogP contribution in [0.2, 0.25) is 0 Å². The average molecular weight is 341 g/mol. The third-order valence-electron chi connectivity index (χ3n) is 3.68.